The van der Waals surface area contributed by atoms with Crippen molar-refractivity contribution in [3.05, 3.63) is 24.3 Å². The molecule has 2 N–H and O–H groups in total. The maximum atomic E-state index is 5.80. The summed E-state index contributed by atoms with van der Waals surface area (Å²) >= 11 is 0. The van der Waals surface area contributed by atoms with Gasteiger partial charge in [0, 0.05) is 30.6 Å². The average Bonchev–Trinajstić information content (AvgIpc) is 1.85. The van der Waals surface area contributed by atoms with Crippen LogP contribution < -0.4 is 5.73 Å². The van der Waals surface area contributed by atoms with Crippen molar-refractivity contribution in [2.24, 2.45) is 5.73 Å². The Bertz CT molecular complexity index is 213. The molecule has 1 aromatic heterocycles. The summed E-state index contributed by atoms with van der Waals surface area (Å²) in [5, 5.41) is 0. The Hall–Kier alpha value is -0.960. The second-order valence-corrected chi connectivity index (χ2v) is 3.36. The Labute approximate surface area is 66.7 Å². The van der Waals surface area contributed by atoms with E-state index in [9.17, 15) is 0 Å². The fraction of sp³-hybridized carbons (Fsp3) is 0.500. The highest BCUT2D eigenvalue weighted by atomic mass is 14.8. The van der Waals surface area contributed by atoms with Gasteiger partial charge in [-0.25, -0.2) is 0 Å². The van der Waals surface area contributed by atoms with E-state index in [1.54, 1.807) is 18.6 Å². The van der Waals surface area contributed by atoms with Crippen LogP contribution in [0.3, 0.4) is 0 Å². The summed E-state index contributed by atoms with van der Waals surface area (Å²) in [5.41, 5.74) is 6.55. The Morgan fingerprint density at radius 3 is 2.64 bits per heavy atom. The summed E-state index contributed by atoms with van der Waals surface area (Å²) in [4.78, 5) is 8.07. The first kappa shape index (κ1) is 8.14. The van der Waals surface area contributed by atoms with Crippen molar-refractivity contribution in [1.29, 1.82) is 0 Å². The van der Waals surface area contributed by atoms with Crippen molar-refractivity contribution in [2.75, 3.05) is 0 Å². The summed E-state index contributed by atoms with van der Waals surface area (Å²) in [5.74, 6) is 0. The van der Waals surface area contributed by atoms with Crippen LogP contribution in [0.4, 0.5) is 0 Å². The number of hydrogen-bond donors (Lipinski definition) is 1. The smallest absolute Gasteiger partial charge is 0.0604 e. The zero-order chi connectivity index (χ0) is 8.32. The average molecular weight is 151 g/mol. The molecule has 11 heavy (non-hydrogen) atoms. The largest absolute Gasteiger partial charge is 0.325 e. The third-order valence-corrected chi connectivity index (χ3v) is 1.25. The number of nitrogens with two attached hydrogens (primary N) is 1. The van der Waals surface area contributed by atoms with Crippen LogP contribution in [0.5, 0.6) is 0 Å². The SMILES string of the molecule is CC(C)(N)Cc1cnccn1. The van der Waals surface area contributed by atoms with E-state index in [0.717, 1.165) is 12.1 Å². The molecule has 0 unspecified atom stereocenters. The van der Waals surface area contributed by atoms with Crippen LogP contribution in [0.2, 0.25) is 0 Å². The van der Waals surface area contributed by atoms with Gasteiger partial charge in [0.05, 0.1) is 5.69 Å². The van der Waals surface area contributed by atoms with E-state index in [4.69, 9.17) is 5.73 Å². The van der Waals surface area contributed by atoms with Crippen LogP contribution in [-0.4, -0.2) is 15.5 Å². The Balaban J connectivity index is 2.66. The van der Waals surface area contributed by atoms with Gasteiger partial charge in [0.2, 0.25) is 0 Å². The highest BCUT2D eigenvalue weighted by molar-refractivity contribution is 4.99. The molecule has 1 rings (SSSR count). The molecule has 1 aromatic rings. The summed E-state index contributed by atoms with van der Waals surface area (Å²) in [6.07, 6.45) is 5.85. The van der Waals surface area contributed by atoms with Crippen LogP contribution in [0.1, 0.15) is 19.5 Å². The fourth-order valence-corrected chi connectivity index (χ4v) is 0.888. The number of aromatic nitrogens is 2. The number of rotatable bonds is 2. The van der Waals surface area contributed by atoms with Gasteiger partial charge in [-0.3, -0.25) is 9.97 Å². The van der Waals surface area contributed by atoms with E-state index < -0.39 is 0 Å². The molecule has 0 aliphatic carbocycles. The highest BCUT2D eigenvalue weighted by Crippen LogP contribution is 2.04. The molecule has 0 aliphatic rings. The molecule has 0 spiro atoms. The molecular formula is C8H13N3. The van der Waals surface area contributed by atoms with E-state index in [-0.39, 0.29) is 5.54 Å². The zero-order valence-corrected chi connectivity index (χ0v) is 6.91. The minimum Gasteiger partial charge on any atom is -0.325 e. The van der Waals surface area contributed by atoms with Crippen molar-refractivity contribution in [1.82, 2.24) is 9.97 Å². The van der Waals surface area contributed by atoms with Gasteiger partial charge >= 0.3 is 0 Å². The van der Waals surface area contributed by atoms with E-state index in [2.05, 4.69) is 9.97 Å². The van der Waals surface area contributed by atoms with Crippen LogP contribution in [-0.2, 0) is 6.42 Å². The normalized spacial score (nSPS) is 11.5. The Morgan fingerprint density at radius 1 is 1.45 bits per heavy atom. The molecular weight excluding hydrogens is 138 g/mol. The molecule has 1 heterocycles. The van der Waals surface area contributed by atoms with Crippen molar-refractivity contribution in [3.8, 4) is 0 Å². The number of nitrogens with zero attached hydrogens (tertiary/aromatic N) is 2. The van der Waals surface area contributed by atoms with Crippen molar-refractivity contribution < 1.29 is 0 Å². The molecule has 0 aliphatic heterocycles. The van der Waals surface area contributed by atoms with E-state index in [0.29, 0.717) is 0 Å². The van der Waals surface area contributed by atoms with Gasteiger partial charge in [-0.15, -0.1) is 0 Å². The summed E-state index contributed by atoms with van der Waals surface area (Å²) in [6, 6.07) is 0. The molecule has 0 saturated carbocycles. The van der Waals surface area contributed by atoms with Gasteiger partial charge in [0.15, 0.2) is 0 Å². The topological polar surface area (TPSA) is 51.8 Å². The fourth-order valence-electron chi connectivity index (χ4n) is 0.888. The lowest BCUT2D eigenvalue weighted by molar-refractivity contribution is 0.509. The van der Waals surface area contributed by atoms with Crippen LogP contribution in [0, 0.1) is 0 Å². The van der Waals surface area contributed by atoms with Crippen LogP contribution in [0.25, 0.3) is 0 Å². The van der Waals surface area contributed by atoms with E-state index >= 15 is 0 Å². The quantitative estimate of drug-likeness (QED) is 0.678. The number of hydrogen-bond acceptors (Lipinski definition) is 3. The molecule has 0 saturated heterocycles. The van der Waals surface area contributed by atoms with Gasteiger partial charge < -0.3 is 5.73 Å². The lowest BCUT2D eigenvalue weighted by Crippen LogP contribution is -2.34. The predicted octanol–water partition coefficient (Wildman–Crippen LogP) is 0.756. The first-order valence-electron chi connectivity index (χ1n) is 3.62. The van der Waals surface area contributed by atoms with Crippen LogP contribution >= 0.6 is 0 Å². The molecule has 0 radical (unpaired) electrons. The van der Waals surface area contributed by atoms with Crippen LogP contribution in [0.15, 0.2) is 18.6 Å². The van der Waals surface area contributed by atoms with E-state index in [1.807, 2.05) is 13.8 Å². The monoisotopic (exact) mass is 151 g/mol. The predicted molar refractivity (Wildman–Crippen MR) is 44.0 cm³/mol. The third-order valence-electron chi connectivity index (χ3n) is 1.25. The van der Waals surface area contributed by atoms with Gasteiger partial charge in [-0.2, -0.15) is 0 Å². The maximum Gasteiger partial charge on any atom is 0.0604 e. The highest BCUT2D eigenvalue weighted by Gasteiger charge is 2.11. The lowest BCUT2D eigenvalue weighted by atomic mass is 10.0. The minimum atomic E-state index is -0.198. The molecule has 3 heteroatoms. The third kappa shape index (κ3) is 3.09. The molecule has 0 amide bonds. The lowest BCUT2D eigenvalue weighted by Gasteiger charge is -2.16. The van der Waals surface area contributed by atoms with E-state index in [1.165, 1.54) is 0 Å². The van der Waals surface area contributed by atoms with Gasteiger partial charge in [0.25, 0.3) is 0 Å². The molecule has 0 aromatic carbocycles. The first-order valence-corrected chi connectivity index (χ1v) is 3.62. The molecule has 3 nitrogen and oxygen atoms in total. The maximum absolute atomic E-state index is 5.80. The van der Waals surface area contributed by atoms with Crippen molar-refractivity contribution >= 4 is 0 Å². The summed E-state index contributed by atoms with van der Waals surface area (Å²) in [6.45, 7) is 3.95. The van der Waals surface area contributed by atoms with Gasteiger partial charge in [-0.05, 0) is 13.8 Å². The Kier molecular flexibility index (Phi) is 2.19. The van der Waals surface area contributed by atoms with Gasteiger partial charge in [0.1, 0.15) is 0 Å². The summed E-state index contributed by atoms with van der Waals surface area (Å²) < 4.78 is 0. The Morgan fingerprint density at radius 2 is 2.18 bits per heavy atom. The van der Waals surface area contributed by atoms with Crippen molar-refractivity contribution in [3.63, 3.8) is 0 Å². The molecule has 0 fully saturated rings. The second-order valence-electron chi connectivity index (χ2n) is 3.36. The molecule has 0 bridgehead atoms. The first-order chi connectivity index (χ1) is 5.08. The molecule has 60 valence electrons. The second kappa shape index (κ2) is 2.96. The zero-order valence-electron chi connectivity index (χ0n) is 6.91. The minimum absolute atomic E-state index is 0.198. The standard InChI is InChI=1S/C8H13N3/c1-8(2,9)5-7-6-10-3-4-11-7/h3-4,6H,5,9H2,1-2H3. The summed E-state index contributed by atoms with van der Waals surface area (Å²) in [7, 11) is 0. The van der Waals surface area contributed by atoms with Crippen molar-refractivity contribution in [2.45, 2.75) is 25.8 Å². The molecule has 0 atom stereocenters. The van der Waals surface area contributed by atoms with Gasteiger partial charge in [-0.1, -0.05) is 0 Å².